The Morgan fingerprint density at radius 1 is 1.60 bits per heavy atom. The van der Waals surface area contributed by atoms with Gasteiger partial charge in [0, 0.05) is 5.02 Å². The minimum atomic E-state index is -0.0168. The summed E-state index contributed by atoms with van der Waals surface area (Å²) in [7, 11) is 0. The van der Waals surface area contributed by atoms with E-state index in [1.54, 1.807) is 0 Å². The van der Waals surface area contributed by atoms with Crippen molar-refractivity contribution in [2.75, 3.05) is 5.33 Å². The standard InChI is InChI=1S/C11H13BrClNO/c1-7-5-9(13)3-4-10(7)8(2)14-11(15)6-12/h3-5,8H,6H2,1-2H3,(H,14,15)/t8-/m0/s1. The lowest BCUT2D eigenvalue weighted by molar-refractivity contribution is -0.119. The summed E-state index contributed by atoms with van der Waals surface area (Å²) >= 11 is 8.97. The van der Waals surface area contributed by atoms with Crippen LogP contribution in [0.2, 0.25) is 5.02 Å². The van der Waals surface area contributed by atoms with Crippen molar-refractivity contribution in [1.29, 1.82) is 0 Å². The highest BCUT2D eigenvalue weighted by Gasteiger charge is 2.10. The van der Waals surface area contributed by atoms with Crippen LogP contribution < -0.4 is 5.32 Å². The zero-order valence-corrected chi connectivity index (χ0v) is 11.0. The third-order valence-corrected chi connectivity index (χ3v) is 2.94. The Bertz CT molecular complexity index is 368. The van der Waals surface area contributed by atoms with Gasteiger partial charge >= 0.3 is 0 Å². The molecule has 1 aromatic rings. The second-order valence-corrected chi connectivity index (χ2v) is 4.42. The van der Waals surface area contributed by atoms with Crippen LogP contribution in [0.1, 0.15) is 24.1 Å². The van der Waals surface area contributed by atoms with Crippen molar-refractivity contribution in [2.45, 2.75) is 19.9 Å². The molecule has 0 heterocycles. The van der Waals surface area contributed by atoms with Gasteiger partial charge in [-0.15, -0.1) is 0 Å². The quantitative estimate of drug-likeness (QED) is 0.851. The fourth-order valence-corrected chi connectivity index (χ4v) is 1.87. The molecule has 2 nitrogen and oxygen atoms in total. The van der Waals surface area contributed by atoms with E-state index >= 15 is 0 Å². The summed E-state index contributed by atoms with van der Waals surface area (Å²) in [6.07, 6.45) is 0. The minimum absolute atomic E-state index is 0.00677. The number of carbonyl (C=O) groups excluding carboxylic acids is 1. The van der Waals surface area contributed by atoms with Crippen molar-refractivity contribution < 1.29 is 4.79 Å². The van der Waals surface area contributed by atoms with E-state index in [4.69, 9.17) is 11.6 Å². The summed E-state index contributed by atoms with van der Waals surface area (Å²) in [4.78, 5) is 11.2. The molecule has 0 bridgehead atoms. The van der Waals surface area contributed by atoms with Gasteiger partial charge in [0.25, 0.3) is 0 Å². The molecular weight excluding hydrogens is 277 g/mol. The summed E-state index contributed by atoms with van der Waals surface area (Å²) in [5.74, 6) is -0.0168. The lowest BCUT2D eigenvalue weighted by Crippen LogP contribution is -2.27. The highest BCUT2D eigenvalue weighted by Crippen LogP contribution is 2.21. The molecule has 82 valence electrons. The first-order valence-corrected chi connectivity index (χ1v) is 6.16. The normalized spacial score (nSPS) is 12.3. The Morgan fingerprint density at radius 3 is 2.80 bits per heavy atom. The van der Waals surface area contributed by atoms with Crippen molar-refractivity contribution in [3.8, 4) is 0 Å². The van der Waals surface area contributed by atoms with Crippen LogP contribution in [-0.4, -0.2) is 11.2 Å². The number of rotatable bonds is 3. The first kappa shape index (κ1) is 12.5. The van der Waals surface area contributed by atoms with Crippen molar-refractivity contribution in [1.82, 2.24) is 5.32 Å². The third kappa shape index (κ3) is 3.50. The number of nitrogens with one attached hydrogen (secondary N) is 1. The van der Waals surface area contributed by atoms with E-state index in [-0.39, 0.29) is 11.9 Å². The van der Waals surface area contributed by atoms with Crippen molar-refractivity contribution in [3.63, 3.8) is 0 Å². The smallest absolute Gasteiger partial charge is 0.231 e. The molecule has 0 aliphatic rings. The Balaban J connectivity index is 2.82. The first-order chi connectivity index (χ1) is 7.04. The Hall–Kier alpha value is -0.540. The number of hydrogen-bond donors (Lipinski definition) is 1. The molecule has 4 heteroatoms. The Labute approximate surface area is 103 Å². The monoisotopic (exact) mass is 289 g/mol. The molecule has 0 saturated carbocycles. The summed E-state index contributed by atoms with van der Waals surface area (Å²) < 4.78 is 0. The van der Waals surface area contributed by atoms with Crippen LogP contribution in [0, 0.1) is 6.92 Å². The first-order valence-electron chi connectivity index (χ1n) is 4.66. The van der Waals surface area contributed by atoms with Gasteiger partial charge in [0.2, 0.25) is 5.91 Å². The number of hydrogen-bond acceptors (Lipinski definition) is 1. The van der Waals surface area contributed by atoms with Gasteiger partial charge in [0.1, 0.15) is 0 Å². The van der Waals surface area contributed by atoms with Gasteiger partial charge in [-0.05, 0) is 37.1 Å². The number of carbonyl (C=O) groups is 1. The number of aryl methyl sites for hydroxylation is 1. The van der Waals surface area contributed by atoms with Crippen LogP contribution in [0.15, 0.2) is 18.2 Å². The van der Waals surface area contributed by atoms with Crippen molar-refractivity contribution in [3.05, 3.63) is 34.3 Å². The van der Waals surface area contributed by atoms with Crippen LogP contribution >= 0.6 is 27.5 Å². The van der Waals surface area contributed by atoms with Gasteiger partial charge in [-0.3, -0.25) is 4.79 Å². The molecule has 0 fully saturated rings. The van der Waals surface area contributed by atoms with E-state index in [1.807, 2.05) is 32.0 Å². The summed E-state index contributed by atoms with van der Waals surface area (Å²) in [5, 5.41) is 3.92. The summed E-state index contributed by atoms with van der Waals surface area (Å²) in [6.45, 7) is 3.94. The lowest BCUT2D eigenvalue weighted by atomic mass is 10.0. The van der Waals surface area contributed by atoms with Gasteiger partial charge in [0.15, 0.2) is 0 Å². The number of halogens is 2. The second-order valence-electron chi connectivity index (χ2n) is 3.42. The van der Waals surface area contributed by atoms with E-state index in [2.05, 4.69) is 21.2 Å². The van der Waals surface area contributed by atoms with Crippen LogP contribution in [0.3, 0.4) is 0 Å². The van der Waals surface area contributed by atoms with E-state index in [0.29, 0.717) is 5.33 Å². The molecule has 0 unspecified atom stereocenters. The van der Waals surface area contributed by atoms with Crippen molar-refractivity contribution >= 4 is 33.4 Å². The topological polar surface area (TPSA) is 29.1 Å². The minimum Gasteiger partial charge on any atom is -0.349 e. The number of alkyl halides is 1. The average molecular weight is 291 g/mol. The molecule has 1 atom stereocenters. The molecule has 1 N–H and O–H groups in total. The van der Waals surface area contributed by atoms with Gasteiger partial charge < -0.3 is 5.32 Å². The SMILES string of the molecule is Cc1cc(Cl)ccc1[C@H](C)NC(=O)CBr. The molecule has 1 aromatic carbocycles. The van der Waals surface area contributed by atoms with Crippen LogP contribution in [0.4, 0.5) is 0 Å². The lowest BCUT2D eigenvalue weighted by Gasteiger charge is -2.16. The van der Waals surface area contributed by atoms with E-state index in [9.17, 15) is 4.79 Å². The van der Waals surface area contributed by atoms with Crippen LogP contribution in [0.5, 0.6) is 0 Å². The van der Waals surface area contributed by atoms with E-state index < -0.39 is 0 Å². The molecule has 0 spiro atoms. The third-order valence-electron chi connectivity index (χ3n) is 2.20. The Kier molecular flexibility index (Phi) is 4.61. The fourth-order valence-electron chi connectivity index (χ4n) is 1.48. The van der Waals surface area contributed by atoms with Crippen molar-refractivity contribution in [2.24, 2.45) is 0 Å². The van der Waals surface area contributed by atoms with Gasteiger partial charge in [-0.1, -0.05) is 33.6 Å². The predicted molar refractivity (Wildman–Crippen MR) is 66.5 cm³/mol. The average Bonchev–Trinajstić information content (AvgIpc) is 2.17. The zero-order chi connectivity index (χ0) is 11.4. The molecule has 1 amide bonds. The molecule has 0 aliphatic carbocycles. The van der Waals surface area contributed by atoms with E-state index in [1.165, 1.54) is 0 Å². The molecular formula is C11H13BrClNO. The largest absolute Gasteiger partial charge is 0.349 e. The van der Waals surface area contributed by atoms with Gasteiger partial charge in [-0.2, -0.15) is 0 Å². The maximum absolute atomic E-state index is 11.2. The highest BCUT2D eigenvalue weighted by molar-refractivity contribution is 9.09. The summed E-state index contributed by atoms with van der Waals surface area (Å²) in [5.41, 5.74) is 2.18. The molecule has 15 heavy (non-hydrogen) atoms. The fraction of sp³-hybridized carbons (Fsp3) is 0.364. The summed E-state index contributed by atoms with van der Waals surface area (Å²) in [6, 6.07) is 5.68. The molecule has 0 aliphatic heterocycles. The molecule has 0 saturated heterocycles. The number of benzene rings is 1. The highest BCUT2D eigenvalue weighted by atomic mass is 79.9. The maximum Gasteiger partial charge on any atom is 0.231 e. The molecule has 0 radical (unpaired) electrons. The molecule has 0 aromatic heterocycles. The van der Waals surface area contributed by atoms with Gasteiger partial charge in [0.05, 0.1) is 11.4 Å². The zero-order valence-electron chi connectivity index (χ0n) is 8.68. The van der Waals surface area contributed by atoms with Crippen LogP contribution in [0.25, 0.3) is 0 Å². The predicted octanol–water partition coefficient (Wildman–Crippen LogP) is 3.22. The van der Waals surface area contributed by atoms with Gasteiger partial charge in [-0.25, -0.2) is 0 Å². The second kappa shape index (κ2) is 5.52. The number of amides is 1. The maximum atomic E-state index is 11.2. The van der Waals surface area contributed by atoms with E-state index in [0.717, 1.165) is 16.1 Å². The molecule has 1 rings (SSSR count). The van der Waals surface area contributed by atoms with Crippen LogP contribution in [-0.2, 0) is 4.79 Å². The Morgan fingerprint density at radius 2 is 2.27 bits per heavy atom.